The molecule has 1 rings (SSSR count). The molecule has 0 aliphatic heterocycles. The van der Waals surface area contributed by atoms with Gasteiger partial charge in [-0.2, -0.15) is 0 Å². The Morgan fingerprint density at radius 1 is 1.14 bits per heavy atom. The van der Waals surface area contributed by atoms with Gasteiger partial charge < -0.3 is 14.9 Å². The molecule has 0 aliphatic rings. The summed E-state index contributed by atoms with van der Waals surface area (Å²) in [6.07, 6.45) is 7.38. The molecule has 4 heteroatoms. The highest BCUT2D eigenvalue weighted by Crippen LogP contribution is 2.37. The van der Waals surface area contributed by atoms with Crippen LogP contribution in [0.2, 0.25) is 0 Å². The Morgan fingerprint density at radius 3 is 2.36 bits per heavy atom. The van der Waals surface area contributed by atoms with Crippen LogP contribution < -0.4 is 4.74 Å². The zero-order valence-corrected chi connectivity index (χ0v) is 18.0. The summed E-state index contributed by atoms with van der Waals surface area (Å²) >= 11 is 0. The van der Waals surface area contributed by atoms with Gasteiger partial charge in [0.25, 0.3) is 0 Å². The first-order valence-corrected chi connectivity index (χ1v) is 9.85. The van der Waals surface area contributed by atoms with Gasteiger partial charge in [0.05, 0.1) is 6.61 Å². The smallest absolute Gasteiger partial charge is 0.328 e. The number of aliphatic hydroxyl groups is 1. The van der Waals surface area contributed by atoms with Crippen LogP contribution in [0.4, 0.5) is 0 Å². The zero-order chi connectivity index (χ0) is 21.3. The number of carboxylic acid groups (broad SMARTS) is 1. The van der Waals surface area contributed by atoms with E-state index in [1.54, 1.807) is 13.0 Å². The summed E-state index contributed by atoms with van der Waals surface area (Å²) in [4.78, 5) is 10.7. The zero-order valence-electron chi connectivity index (χ0n) is 18.0. The van der Waals surface area contributed by atoms with Crippen LogP contribution in [0.25, 0.3) is 5.57 Å². The molecule has 1 aromatic carbocycles. The van der Waals surface area contributed by atoms with E-state index in [4.69, 9.17) is 14.9 Å². The largest absolute Gasteiger partial charge is 0.493 e. The molecule has 0 saturated carbocycles. The van der Waals surface area contributed by atoms with Crippen molar-refractivity contribution in [3.63, 3.8) is 0 Å². The summed E-state index contributed by atoms with van der Waals surface area (Å²) in [5.41, 5.74) is 5.18. The van der Waals surface area contributed by atoms with E-state index in [0.29, 0.717) is 30.4 Å². The van der Waals surface area contributed by atoms with Gasteiger partial charge in [0.2, 0.25) is 0 Å². The molecule has 0 aliphatic carbocycles. The minimum Gasteiger partial charge on any atom is -0.493 e. The quantitative estimate of drug-likeness (QED) is 0.308. The molecule has 0 bridgehead atoms. The molecule has 0 amide bonds. The monoisotopic (exact) mass is 386 g/mol. The van der Waals surface area contributed by atoms with Gasteiger partial charge >= 0.3 is 5.97 Å². The van der Waals surface area contributed by atoms with Crippen molar-refractivity contribution in [1.82, 2.24) is 0 Å². The van der Waals surface area contributed by atoms with Crippen LogP contribution in [-0.2, 0) is 4.79 Å². The number of hydrogen-bond acceptors (Lipinski definition) is 3. The predicted octanol–water partition coefficient (Wildman–Crippen LogP) is 5.69. The Kier molecular flexibility index (Phi) is 9.74. The third-order valence-electron chi connectivity index (χ3n) is 4.46. The fourth-order valence-corrected chi connectivity index (χ4v) is 2.81. The Morgan fingerprint density at radius 2 is 1.82 bits per heavy atom. The second-order valence-corrected chi connectivity index (χ2v) is 7.66. The van der Waals surface area contributed by atoms with Crippen LogP contribution in [-0.4, -0.2) is 29.4 Å². The van der Waals surface area contributed by atoms with Crippen molar-refractivity contribution in [2.24, 2.45) is 0 Å². The molecule has 4 nitrogen and oxygen atoms in total. The molecule has 0 heterocycles. The van der Waals surface area contributed by atoms with Gasteiger partial charge in [-0.25, -0.2) is 4.79 Å². The molecule has 2 N–H and O–H groups in total. The number of carbonyl (C=O) groups is 1. The Hall–Kier alpha value is -2.33. The van der Waals surface area contributed by atoms with E-state index >= 15 is 0 Å². The molecule has 0 saturated heterocycles. The molecule has 0 fully saturated rings. The molecule has 154 valence electrons. The van der Waals surface area contributed by atoms with Crippen molar-refractivity contribution in [3.8, 4) is 5.75 Å². The molecule has 0 aromatic heterocycles. The minimum atomic E-state index is -0.950. The van der Waals surface area contributed by atoms with E-state index in [1.807, 2.05) is 19.1 Å². The van der Waals surface area contributed by atoms with E-state index in [-0.39, 0.29) is 6.61 Å². The van der Waals surface area contributed by atoms with Gasteiger partial charge in [0.15, 0.2) is 0 Å². The second kappa shape index (κ2) is 11.5. The summed E-state index contributed by atoms with van der Waals surface area (Å²) in [6.45, 7) is 13.0. The SMILES string of the molecule is CC(C=CC=C(C)c1cc(C(C)C)cc(C(C)C)c1OCCCO)=CC(=O)O. The van der Waals surface area contributed by atoms with Crippen LogP contribution >= 0.6 is 0 Å². The third-order valence-corrected chi connectivity index (χ3v) is 4.46. The Balaban J connectivity index is 3.40. The molecule has 0 atom stereocenters. The molecule has 0 radical (unpaired) electrons. The number of ether oxygens (including phenoxy) is 1. The fourth-order valence-electron chi connectivity index (χ4n) is 2.81. The number of rotatable bonds is 10. The molecule has 28 heavy (non-hydrogen) atoms. The van der Waals surface area contributed by atoms with E-state index in [0.717, 1.165) is 22.4 Å². The highest BCUT2D eigenvalue weighted by molar-refractivity contribution is 5.81. The van der Waals surface area contributed by atoms with Gasteiger partial charge in [0.1, 0.15) is 5.75 Å². The van der Waals surface area contributed by atoms with Gasteiger partial charge in [-0.15, -0.1) is 0 Å². The molecule has 0 spiro atoms. The summed E-state index contributed by atoms with van der Waals surface area (Å²) in [6, 6.07) is 4.39. The summed E-state index contributed by atoms with van der Waals surface area (Å²) in [7, 11) is 0. The summed E-state index contributed by atoms with van der Waals surface area (Å²) < 4.78 is 6.09. The van der Waals surface area contributed by atoms with Crippen molar-refractivity contribution in [2.45, 2.75) is 59.8 Å². The van der Waals surface area contributed by atoms with Crippen LogP contribution in [0.15, 0.2) is 42.0 Å². The predicted molar refractivity (Wildman–Crippen MR) is 116 cm³/mol. The van der Waals surface area contributed by atoms with E-state index < -0.39 is 5.97 Å². The highest BCUT2D eigenvalue weighted by atomic mass is 16.5. The van der Waals surface area contributed by atoms with Gasteiger partial charge in [-0.1, -0.05) is 52.0 Å². The lowest BCUT2D eigenvalue weighted by molar-refractivity contribution is -0.131. The van der Waals surface area contributed by atoms with Crippen molar-refractivity contribution >= 4 is 11.5 Å². The molecule has 0 unspecified atom stereocenters. The lowest BCUT2D eigenvalue weighted by atomic mass is 9.89. The first-order chi connectivity index (χ1) is 13.2. The molecular formula is C24H34O4. The highest BCUT2D eigenvalue weighted by Gasteiger charge is 2.17. The summed E-state index contributed by atoms with van der Waals surface area (Å²) in [5, 5.41) is 17.9. The molecule has 1 aromatic rings. The van der Waals surface area contributed by atoms with Crippen molar-refractivity contribution < 1.29 is 19.7 Å². The average molecular weight is 387 g/mol. The number of benzene rings is 1. The van der Waals surface area contributed by atoms with E-state index in [1.165, 1.54) is 11.6 Å². The van der Waals surface area contributed by atoms with Gasteiger partial charge in [-0.05, 0) is 54.0 Å². The number of carboxylic acids is 1. The normalized spacial score (nSPS) is 13.0. The first-order valence-electron chi connectivity index (χ1n) is 9.85. The number of hydrogen-bond donors (Lipinski definition) is 2. The summed E-state index contributed by atoms with van der Waals surface area (Å²) in [5.74, 6) is 0.624. The number of allylic oxidation sites excluding steroid dienone is 5. The van der Waals surface area contributed by atoms with Crippen LogP contribution in [0.5, 0.6) is 5.75 Å². The van der Waals surface area contributed by atoms with Crippen molar-refractivity contribution in [3.05, 3.63) is 58.7 Å². The minimum absolute atomic E-state index is 0.100. The van der Waals surface area contributed by atoms with E-state index in [9.17, 15) is 4.79 Å². The maximum absolute atomic E-state index is 10.7. The van der Waals surface area contributed by atoms with Crippen LogP contribution in [0.1, 0.15) is 76.5 Å². The van der Waals surface area contributed by atoms with E-state index in [2.05, 4.69) is 39.8 Å². The van der Waals surface area contributed by atoms with Gasteiger partial charge in [-0.3, -0.25) is 0 Å². The topological polar surface area (TPSA) is 66.8 Å². The average Bonchev–Trinajstić information content (AvgIpc) is 2.60. The van der Waals surface area contributed by atoms with Crippen LogP contribution in [0, 0.1) is 0 Å². The second-order valence-electron chi connectivity index (χ2n) is 7.66. The standard InChI is InChI=1S/C24H34O4/c1-16(2)20-14-21(17(3)4)24(28-12-8-11-25)22(15-20)19(6)10-7-9-18(5)13-23(26)27/h7,9-10,13-17,25H,8,11-12H2,1-6H3,(H,26,27). The van der Waals surface area contributed by atoms with Crippen LogP contribution in [0.3, 0.4) is 0 Å². The molecular weight excluding hydrogens is 352 g/mol. The third kappa shape index (κ3) is 7.35. The Bertz CT molecular complexity index is 752. The lowest BCUT2D eigenvalue weighted by Gasteiger charge is -2.21. The maximum atomic E-state index is 10.7. The fraction of sp³-hybridized carbons (Fsp3) is 0.458. The number of aliphatic carboxylic acids is 1. The Labute approximate surface area is 169 Å². The first kappa shape index (κ1) is 23.7. The van der Waals surface area contributed by atoms with Crippen molar-refractivity contribution in [1.29, 1.82) is 0 Å². The van der Waals surface area contributed by atoms with Crippen molar-refractivity contribution in [2.75, 3.05) is 13.2 Å². The number of aliphatic hydroxyl groups excluding tert-OH is 1. The van der Waals surface area contributed by atoms with Gasteiger partial charge in [0, 0.05) is 24.7 Å². The lowest BCUT2D eigenvalue weighted by Crippen LogP contribution is -2.07. The maximum Gasteiger partial charge on any atom is 0.328 e.